The van der Waals surface area contributed by atoms with Crippen LogP contribution in [0, 0.1) is 0 Å². The van der Waals surface area contributed by atoms with Gasteiger partial charge in [0.25, 0.3) is 5.91 Å². The topological polar surface area (TPSA) is 84.9 Å². The van der Waals surface area contributed by atoms with Gasteiger partial charge in [0.1, 0.15) is 18.1 Å². The van der Waals surface area contributed by atoms with Crippen LogP contribution in [0.3, 0.4) is 0 Å². The number of nitrogens with one attached hydrogen (secondary N) is 1. The summed E-state index contributed by atoms with van der Waals surface area (Å²) in [4.78, 5) is 12.8. The molecule has 8 heteroatoms. The van der Waals surface area contributed by atoms with Gasteiger partial charge in [-0.1, -0.05) is 42.5 Å². The van der Waals surface area contributed by atoms with E-state index in [9.17, 15) is 13.2 Å². The first-order chi connectivity index (χ1) is 15.4. The maximum absolute atomic E-state index is 12.8. The molecule has 0 saturated carbocycles. The molecule has 1 amide bonds. The molecule has 1 heterocycles. The average molecular weight is 453 g/mol. The van der Waals surface area contributed by atoms with E-state index in [0.29, 0.717) is 29.5 Å². The highest BCUT2D eigenvalue weighted by molar-refractivity contribution is 7.92. The molecule has 0 aromatic heterocycles. The van der Waals surface area contributed by atoms with Crippen molar-refractivity contribution in [2.75, 3.05) is 22.4 Å². The number of anilines is 2. The monoisotopic (exact) mass is 452 g/mol. The number of sulfonamides is 1. The van der Waals surface area contributed by atoms with Gasteiger partial charge < -0.3 is 14.8 Å². The van der Waals surface area contributed by atoms with E-state index in [1.807, 2.05) is 30.3 Å². The zero-order valence-electron chi connectivity index (χ0n) is 17.6. The van der Waals surface area contributed by atoms with Gasteiger partial charge in [0, 0.05) is 18.7 Å². The van der Waals surface area contributed by atoms with Crippen molar-refractivity contribution in [3.8, 4) is 11.5 Å². The second-order valence-electron chi connectivity index (χ2n) is 7.49. The Hall–Kier alpha value is -3.52. The van der Waals surface area contributed by atoms with Crippen LogP contribution in [0.15, 0.2) is 78.9 Å². The van der Waals surface area contributed by atoms with E-state index in [2.05, 4.69) is 5.32 Å². The van der Waals surface area contributed by atoms with Crippen molar-refractivity contribution in [2.45, 2.75) is 19.1 Å². The summed E-state index contributed by atoms with van der Waals surface area (Å²) in [6, 6.07) is 23.8. The first-order valence-electron chi connectivity index (χ1n) is 10.2. The fourth-order valence-corrected chi connectivity index (χ4v) is 4.40. The molecule has 1 unspecified atom stereocenters. The molecule has 0 bridgehead atoms. The quantitative estimate of drug-likeness (QED) is 0.615. The standard InChI is InChI=1S/C24H24N2O5S/c1-32(28,29)26-16-15-23(31-22-10-6-5-9-21(22)26)24(27)25-19-11-13-20(14-12-19)30-17-18-7-3-2-4-8-18/h2-14,23H,15-17H2,1H3,(H,25,27). The number of rotatable bonds is 6. The SMILES string of the molecule is CS(=O)(=O)N1CCC(C(=O)Nc2ccc(OCc3ccccc3)cc2)Oc2ccccc21. The highest BCUT2D eigenvalue weighted by Gasteiger charge is 2.31. The molecule has 1 aliphatic rings. The number of hydrogen-bond acceptors (Lipinski definition) is 5. The van der Waals surface area contributed by atoms with Gasteiger partial charge in [0.05, 0.1) is 11.9 Å². The zero-order valence-corrected chi connectivity index (χ0v) is 18.4. The van der Waals surface area contributed by atoms with Crippen LogP contribution < -0.4 is 19.1 Å². The van der Waals surface area contributed by atoms with Gasteiger partial charge in [0.15, 0.2) is 6.10 Å². The predicted octanol–water partition coefficient (Wildman–Crippen LogP) is 3.82. The minimum Gasteiger partial charge on any atom is -0.489 e. The van der Waals surface area contributed by atoms with Gasteiger partial charge in [-0.3, -0.25) is 9.10 Å². The van der Waals surface area contributed by atoms with Crippen molar-refractivity contribution >= 4 is 27.3 Å². The molecule has 0 radical (unpaired) electrons. The van der Waals surface area contributed by atoms with Crippen LogP contribution >= 0.6 is 0 Å². The third-order valence-corrected chi connectivity index (χ3v) is 6.24. The molecule has 0 fully saturated rings. The van der Waals surface area contributed by atoms with Crippen LogP contribution in [0.25, 0.3) is 0 Å². The number of hydrogen-bond donors (Lipinski definition) is 1. The molecule has 3 aromatic rings. The van der Waals surface area contributed by atoms with Crippen LogP contribution in [0.2, 0.25) is 0 Å². The van der Waals surface area contributed by atoms with Gasteiger partial charge in [-0.2, -0.15) is 0 Å². The van der Waals surface area contributed by atoms with E-state index in [0.717, 1.165) is 11.8 Å². The van der Waals surface area contributed by atoms with Gasteiger partial charge in [-0.05, 0) is 42.0 Å². The predicted molar refractivity (Wildman–Crippen MR) is 124 cm³/mol. The van der Waals surface area contributed by atoms with Crippen LogP contribution in [-0.4, -0.2) is 33.2 Å². The summed E-state index contributed by atoms with van der Waals surface area (Å²) < 4.78 is 37.3. The lowest BCUT2D eigenvalue weighted by atomic mass is 10.2. The largest absolute Gasteiger partial charge is 0.489 e. The third-order valence-electron chi connectivity index (χ3n) is 5.06. The molecule has 166 valence electrons. The maximum Gasteiger partial charge on any atom is 0.265 e. The van der Waals surface area contributed by atoms with Crippen LogP contribution in [0.1, 0.15) is 12.0 Å². The summed E-state index contributed by atoms with van der Waals surface area (Å²) in [5.41, 5.74) is 2.10. The molecular formula is C24H24N2O5S. The van der Waals surface area contributed by atoms with E-state index < -0.39 is 16.1 Å². The lowest BCUT2D eigenvalue weighted by molar-refractivity contribution is -0.122. The Morgan fingerprint density at radius 3 is 2.44 bits per heavy atom. The molecule has 0 saturated heterocycles. The van der Waals surface area contributed by atoms with Gasteiger partial charge >= 0.3 is 0 Å². The highest BCUT2D eigenvalue weighted by atomic mass is 32.2. The van der Waals surface area contributed by atoms with Crippen molar-refractivity contribution in [1.29, 1.82) is 0 Å². The van der Waals surface area contributed by atoms with E-state index in [-0.39, 0.29) is 18.9 Å². The van der Waals surface area contributed by atoms with Gasteiger partial charge in [-0.25, -0.2) is 8.42 Å². The summed E-state index contributed by atoms with van der Waals surface area (Å²) in [6.07, 6.45) is 0.550. The molecule has 7 nitrogen and oxygen atoms in total. The maximum atomic E-state index is 12.8. The van der Waals surface area contributed by atoms with E-state index >= 15 is 0 Å². The van der Waals surface area contributed by atoms with E-state index in [1.165, 1.54) is 4.31 Å². The summed E-state index contributed by atoms with van der Waals surface area (Å²) in [7, 11) is -3.49. The molecule has 4 rings (SSSR count). The second-order valence-corrected chi connectivity index (χ2v) is 9.39. The molecule has 0 spiro atoms. The molecule has 0 aliphatic carbocycles. The number of nitrogens with zero attached hydrogens (tertiary/aromatic N) is 1. The van der Waals surface area contributed by atoms with Crippen molar-refractivity contribution in [3.63, 3.8) is 0 Å². The first kappa shape index (κ1) is 21.7. The van der Waals surface area contributed by atoms with Crippen LogP contribution in [-0.2, 0) is 21.4 Å². The zero-order chi connectivity index (χ0) is 22.6. The minimum absolute atomic E-state index is 0.153. The normalized spacial score (nSPS) is 15.8. The lowest BCUT2D eigenvalue weighted by Crippen LogP contribution is -2.35. The number of benzene rings is 3. The number of carbonyl (C=O) groups is 1. The van der Waals surface area contributed by atoms with Crippen LogP contribution in [0.4, 0.5) is 11.4 Å². The first-order valence-corrected chi connectivity index (χ1v) is 12.1. The number of ether oxygens (including phenoxy) is 2. The number of fused-ring (bicyclic) bond motifs is 1. The smallest absolute Gasteiger partial charge is 0.265 e. The Kier molecular flexibility index (Phi) is 6.32. The third kappa shape index (κ3) is 5.20. The molecule has 1 atom stereocenters. The Morgan fingerprint density at radius 1 is 1.03 bits per heavy atom. The second kappa shape index (κ2) is 9.32. The van der Waals surface area contributed by atoms with Crippen molar-refractivity contribution in [3.05, 3.63) is 84.4 Å². The summed E-state index contributed by atoms with van der Waals surface area (Å²) in [5, 5.41) is 2.84. The van der Waals surface area contributed by atoms with E-state index in [4.69, 9.17) is 9.47 Å². The Labute approximate surface area is 187 Å². The van der Waals surface area contributed by atoms with Gasteiger partial charge in [0.2, 0.25) is 10.0 Å². The molecular weight excluding hydrogens is 428 g/mol. The molecule has 3 aromatic carbocycles. The average Bonchev–Trinajstić information content (AvgIpc) is 2.99. The molecule has 1 N–H and O–H groups in total. The lowest BCUT2D eigenvalue weighted by Gasteiger charge is -2.20. The molecule has 32 heavy (non-hydrogen) atoms. The summed E-state index contributed by atoms with van der Waals surface area (Å²) in [6.45, 7) is 0.610. The van der Waals surface area contributed by atoms with Gasteiger partial charge in [-0.15, -0.1) is 0 Å². The Bertz CT molecular complexity index is 1180. The number of carbonyl (C=O) groups excluding carboxylic acids is 1. The Morgan fingerprint density at radius 2 is 1.72 bits per heavy atom. The fraction of sp³-hybridized carbons (Fsp3) is 0.208. The molecule has 1 aliphatic heterocycles. The van der Waals surface area contributed by atoms with Crippen LogP contribution in [0.5, 0.6) is 11.5 Å². The minimum atomic E-state index is -3.49. The fourth-order valence-electron chi connectivity index (χ4n) is 3.46. The van der Waals surface area contributed by atoms with Crippen molar-refractivity contribution in [2.24, 2.45) is 0 Å². The summed E-state index contributed by atoms with van der Waals surface area (Å²) in [5.74, 6) is 0.712. The number of amides is 1. The van der Waals surface area contributed by atoms with E-state index in [1.54, 1.807) is 48.5 Å². The van der Waals surface area contributed by atoms with Crippen molar-refractivity contribution in [1.82, 2.24) is 0 Å². The highest BCUT2D eigenvalue weighted by Crippen LogP contribution is 2.34. The summed E-state index contributed by atoms with van der Waals surface area (Å²) >= 11 is 0. The van der Waals surface area contributed by atoms with Crippen molar-refractivity contribution < 1.29 is 22.7 Å². The Balaban J connectivity index is 1.40. The number of para-hydroxylation sites is 2.